The Labute approximate surface area is 102 Å². The highest BCUT2D eigenvalue weighted by Crippen LogP contribution is 2.35. The van der Waals surface area contributed by atoms with Crippen LogP contribution in [0.1, 0.15) is 11.6 Å². The predicted octanol–water partition coefficient (Wildman–Crippen LogP) is 3.32. The smallest absolute Gasteiger partial charge is 0.142 e. The number of hydrogen-bond donors (Lipinski definition) is 2. The summed E-state index contributed by atoms with van der Waals surface area (Å²) in [5.41, 5.74) is 2.25. The summed E-state index contributed by atoms with van der Waals surface area (Å²) in [5.74, 6) is 0.912. The van der Waals surface area contributed by atoms with Crippen LogP contribution in [0.2, 0.25) is 0 Å². The third-order valence-electron chi connectivity index (χ3n) is 2.70. The monoisotopic (exact) mass is 278 g/mol. The standard InChI is InChI=1S/C12H11BrN2O/c13-9-1-2-12-10(5-9)15-11(7-16-12)8-3-4-14-6-8/h1-6,11,14-15H,7H2. The fraction of sp³-hybridized carbons (Fsp3) is 0.167. The van der Waals surface area contributed by atoms with E-state index >= 15 is 0 Å². The number of ether oxygens (including phenoxy) is 1. The van der Waals surface area contributed by atoms with Gasteiger partial charge in [-0.15, -0.1) is 0 Å². The Bertz CT molecular complexity index is 496. The van der Waals surface area contributed by atoms with E-state index in [0.29, 0.717) is 6.61 Å². The van der Waals surface area contributed by atoms with E-state index in [1.54, 1.807) is 0 Å². The van der Waals surface area contributed by atoms with Gasteiger partial charge in [-0.3, -0.25) is 0 Å². The van der Waals surface area contributed by atoms with Crippen molar-refractivity contribution in [3.63, 3.8) is 0 Å². The maximum atomic E-state index is 5.72. The number of halogens is 1. The van der Waals surface area contributed by atoms with Crippen molar-refractivity contribution in [2.75, 3.05) is 11.9 Å². The topological polar surface area (TPSA) is 37.0 Å². The van der Waals surface area contributed by atoms with Gasteiger partial charge in [-0.1, -0.05) is 15.9 Å². The zero-order chi connectivity index (χ0) is 11.0. The largest absolute Gasteiger partial charge is 0.489 e. The molecule has 0 saturated heterocycles. The van der Waals surface area contributed by atoms with Crippen LogP contribution < -0.4 is 10.1 Å². The minimum atomic E-state index is 0.216. The highest BCUT2D eigenvalue weighted by molar-refractivity contribution is 9.10. The fourth-order valence-corrected chi connectivity index (χ4v) is 2.24. The number of nitrogens with one attached hydrogen (secondary N) is 2. The fourth-order valence-electron chi connectivity index (χ4n) is 1.88. The lowest BCUT2D eigenvalue weighted by Crippen LogP contribution is -2.23. The number of H-pyrrole nitrogens is 1. The Balaban J connectivity index is 1.91. The molecule has 3 rings (SSSR count). The molecule has 0 bridgehead atoms. The Morgan fingerprint density at radius 2 is 2.25 bits per heavy atom. The third kappa shape index (κ3) is 1.69. The first-order valence-electron chi connectivity index (χ1n) is 5.14. The zero-order valence-electron chi connectivity index (χ0n) is 8.53. The highest BCUT2D eigenvalue weighted by atomic mass is 79.9. The molecule has 2 N–H and O–H groups in total. The van der Waals surface area contributed by atoms with Crippen molar-refractivity contribution in [3.05, 3.63) is 46.7 Å². The van der Waals surface area contributed by atoms with Crippen molar-refractivity contribution >= 4 is 21.6 Å². The van der Waals surface area contributed by atoms with Gasteiger partial charge in [0, 0.05) is 16.9 Å². The number of aromatic nitrogens is 1. The molecule has 1 atom stereocenters. The summed E-state index contributed by atoms with van der Waals surface area (Å²) in [5, 5.41) is 3.47. The van der Waals surface area contributed by atoms with E-state index < -0.39 is 0 Å². The number of anilines is 1. The molecule has 1 aromatic carbocycles. The molecule has 0 aliphatic carbocycles. The van der Waals surface area contributed by atoms with Crippen LogP contribution >= 0.6 is 15.9 Å². The molecule has 0 spiro atoms. The molecule has 0 fully saturated rings. The first-order valence-corrected chi connectivity index (χ1v) is 5.94. The summed E-state index contributed by atoms with van der Waals surface area (Å²) in [6.45, 7) is 0.659. The van der Waals surface area contributed by atoms with Crippen molar-refractivity contribution < 1.29 is 4.74 Å². The van der Waals surface area contributed by atoms with E-state index in [4.69, 9.17) is 4.74 Å². The molecule has 16 heavy (non-hydrogen) atoms. The van der Waals surface area contributed by atoms with Crippen LogP contribution in [0.5, 0.6) is 5.75 Å². The number of benzene rings is 1. The Morgan fingerprint density at radius 1 is 1.31 bits per heavy atom. The average molecular weight is 279 g/mol. The molecule has 2 aromatic rings. The molecule has 0 saturated carbocycles. The molecule has 4 heteroatoms. The van der Waals surface area contributed by atoms with Crippen molar-refractivity contribution in [2.24, 2.45) is 0 Å². The van der Waals surface area contributed by atoms with E-state index in [9.17, 15) is 0 Å². The molecule has 1 aliphatic rings. The minimum absolute atomic E-state index is 0.216. The van der Waals surface area contributed by atoms with Crippen LogP contribution in [0.15, 0.2) is 41.1 Å². The van der Waals surface area contributed by atoms with Gasteiger partial charge in [0.25, 0.3) is 0 Å². The lowest BCUT2D eigenvalue weighted by Gasteiger charge is -2.27. The van der Waals surface area contributed by atoms with Gasteiger partial charge in [-0.2, -0.15) is 0 Å². The summed E-state index contributed by atoms with van der Waals surface area (Å²) in [6, 6.07) is 8.27. The molecule has 82 valence electrons. The Kier molecular flexibility index (Phi) is 2.36. The van der Waals surface area contributed by atoms with Gasteiger partial charge in [0.2, 0.25) is 0 Å². The molecular formula is C12H11BrN2O. The summed E-state index contributed by atoms with van der Waals surface area (Å²) >= 11 is 3.46. The Morgan fingerprint density at radius 3 is 3.06 bits per heavy atom. The van der Waals surface area contributed by atoms with Crippen molar-refractivity contribution in [3.8, 4) is 5.75 Å². The number of fused-ring (bicyclic) bond motifs is 1. The van der Waals surface area contributed by atoms with Gasteiger partial charge in [-0.25, -0.2) is 0 Å². The van der Waals surface area contributed by atoms with E-state index in [-0.39, 0.29) is 6.04 Å². The van der Waals surface area contributed by atoms with Gasteiger partial charge in [0.05, 0.1) is 11.7 Å². The van der Waals surface area contributed by atoms with Crippen LogP contribution in [-0.4, -0.2) is 11.6 Å². The predicted molar refractivity (Wildman–Crippen MR) is 66.8 cm³/mol. The summed E-state index contributed by atoms with van der Waals surface area (Å²) in [7, 11) is 0. The third-order valence-corrected chi connectivity index (χ3v) is 3.19. The summed E-state index contributed by atoms with van der Waals surface area (Å²) in [4.78, 5) is 3.06. The summed E-state index contributed by atoms with van der Waals surface area (Å²) < 4.78 is 6.77. The molecule has 2 heterocycles. The zero-order valence-corrected chi connectivity index (χ0v) is 10.1. The van der Waals surface area contributed by atoms with Crippen LogP contribution in [-0.2, 0) is 0 Å². The normalized spacial score (nSPS) is 18.4. The van der Waals surface area contributed by atoms with Crippen LogP contribution in [0.4, 0.5) is 5.69 Å². The molecule has 3 nitrogen and oxygen atoms in total. The summed E-state index contributed by atoms with van der Waals surface area (Å²) in [6.07, 6.45) is 3.91. The van der Waals surface area contributed by atoms with Gasteiger partial charge in [0.15, 0.2) is 0 Å². The van der Waals surface area contributed by atoms with Gasteiger partial charge < -0.3 is 15.0 Å². The van der Waals surface area contributed by atoms with Gasteiger partial charge in [-0.05, 0) is 29.8 Å². The van der Waals surface area contributed by atoms with Crippen LogP contribution in [0, 0.1) is 0 Å². The number of hydrogen-bond acceptors (Lipinski definition) is 2. The van der Waals surface area contributed by atoms with Gasteiger partial charge in [0.1, 0.15) is 12.4 Å². The van der Waals surface area contributed by atoms with Crippen molar-refractivity contribution in [1.29, 1.82) is 0 Å². The molecule has 1 unspecified atom stereocenters. The van der Waals surface area contributed by atoms with E-state index in [1.807, 2.05) is 30.6 Å². The molecule has 1 aliphatic heterocycles. The number of aromatic amines is 1. The van der Waals surface area contributed by atoms with E-state index in [1.165, 1.54) is 5.56 Å². The molecule has 0 radical (unpaired) electrons. The molecular weight excluding hydrogens is 268 g/mol. The van der Waals surface area contributed by atoms with Gasteiger partial charge >= 0.3 is 0 Å². The lowest BCUT2D eigenvalue weighted by molar-refractivity contribution is 0.286. The van der Waals surface area contributed by atoms with Crippen LogP contribution in [0.3, 0.4) is 0 Å². The second kappa shape index (κ2) is 3.87. The van der Waals surface area contributed by atoms with E-state index in [0.717, 1.165) is 15.9 Å². The SMILES string of the molecule is Brc1ccc2c(c1)NC(c1cc[nH]c1)CO2. The first kappa shape index (κ1) is 9.78. The maximum absolute atomic E-state index is 5.72. The molecule has 1 aromatic heterocycles. The first-order chi connectivity index (χ1) is 7.83. The number of rotatable bonds is 1. The minimum Gasteiger partial charge on any atom is -0.489 e. The maximum Gasteiger partial charge on any atom is 0.142 e. The van der Waals surface area contributed by atoms with Crippen LogP contribution in [0.25, 0.3) is 0 Å². The Hall–Kier alpha value is -1.42. The quantitative estimate of drug-likeness (QED) is 0.840. The second-order valence-corrected chi connectivity index (χ2v) is 4.71. The molecule has 0 amide bonds. The van der Waals surface area contributed by atoms with Crippen molar-refractivity contribution in [1.82, 2.24) is 4.98 Å². The van der Waals surface area contributed by atoms with Crippen molar-refractivity contribution in [2.45, 2.75) is 6.04 Å². The second-order valence-electron chi connectivity index (χ2n) is 3.79. The highest BCUT2D eigenvalue weighted by Gasteiger charge is 2.20. The van der Waals surface area contributed by atoms with E-state index in [2.05, 4.69) is 32.3 Å². The average Bonchev–Trinajstić information content (AvgIpc) is 2.81. The lowest BCUT2D eigenvalue weighted by atomic mass is 10.1.